The first-order valence-corrected chi connectivity index (χ1v) is 12.0. The van der Waals surface area contributed by atoms with E-state index in [0.717, 1.165) is 0 Å². The van der Waals surface area contributed by atoms with Crippen molar-refractivity contribution in [3.8, 4) is 0 Å². The lowest BCUT2D eigenvalue weighted by Crippen LogP contribution is -2.46. The average molecular weight is 672 g/mol. The van der Waals surface area contributed by atoms with E-state index in [2.05, 4.69) is 6.92 Å². The second-order valence-electron chi connectivity index (χ2n) is 5.42. The van der Waals surface area contributed by atoms with Gasteiger partial charge in [-0.15, -0.1) is 0 Å². The van der Waals surface area contributed by atoms with E-state index in [1.54, 1.807) is 0 Å². The molecule has 0 heterocycles. The molecule has 0 bridgehead atoms. The Labute approximate surface area is 233 Å². The number of rotatable bonds is 5. The van der Waals surface area contributed by atoms with Crippen LogP contribution in [0.15, 0.2) is 18.2 Å². The number of alkyl halides is 14. The summed E-state index contributed by atoms with van der Waals surface area (Å²) < 4.78 is -13.6. The number of hydrogen-bond donors (Lipinski definition) is 0. The normalized spacial score (nSPS) is 15.1. The van der Waals surface area contributed by atoms with Crippen molar-refractivity contribution in [1.29, 1.82) is 0 Å². The first-order chi connectivity index (χ1) is 12.2. The highest BCUT2D eigenvalue weighted by atomic mass is 35.6. The van der Waals surface area contributed by atoms with Crippen molar-refractivity contribution in [3.05, 3.63) is 41.8 Å². The highest BCUT2D eigenvalue weighted by molar-refractivity contribution is 6.79. The first kappa shape index (κ1) is 29.3. The van der Waals surface area contributed by atoms with Crippen molar-refractivity contribution in [2.45, 2.75) is 31.3 Å². The van der Waals surface area contributed by atoms with E-state index >= 15 is 0 Å². The standard InChI is InChI=1S/C14H7Cl14/c1-2-6-3-4-7(9(15,16)11(19,20)13(23,24)25)5-8(6)10(17,18)12(21,22)14(26,27)28/h3-5H,1-2H2. The Balaban J connectivity index is 3.75. The topological polar surface area (TPSA) is 0 Å². The molecule has 0 unspecified atom stereocenters. The molecule has 14 heteroatoms. The summed E-state index contributed by atoms with van der Waals surface area (Å²) in [5.74, 6) is 0. The third-order valence-corrected chi connectivity index (χ3v) is 11.5. The predicted molar refractivity (Wildman–Crippen MR) is 132 cm³/mol. The van der Waals surface area contributed by atoms with E-state index in [0.29, 0.717) is 5.56 Å². The van der Waals surface area contributed by atoms with Gasteiger partial charge in [0.25, 0.3) is 0 Å². The molecule has 0 aliphatic heterocycles. The van der Waals surface area contributed by atoms with Gasteiger partial charge in [0.15, 0.2) is 8.67 Å². The minimum atomic E-state index is -2.33. The molecule has 1 rings (SSSR count). The van der Waals surface area contributed by atoms with Gasteiger partial charge in [-0.1, -0.05) is 175 Å². The fraction of sp³-hybridized carbons (Fsp3) is 0.500. The monoisotopic (exact) mass is 665 g/mol. The van der Waals surface area contributed by atoms with Crippen LogP contribution in [0.2, 0.25) is 0 Å². The number of hydrogen-bond acceptors (Lipinski definition) is 0. The fourth-order valence-corrected chi connectivity index (χ4v) is 5.00. The molecule has 0 nitrogen and oxygen atoms in total. The second-order valence-corrected chi connectivity index (χ2v) is 15.3. The highest BCUT2D eigenvalue weighted by Gasteiger charge is 2.63. The van der Waals surface area contributed by atoms with E-state index in [4.69, 9.17) is 162 Å². The summed E-state index contributed by atoms with van der Waals surface area (Å²) in [5, 5.41) is 0. The lowest BCUT2D eigenvalue weighted by molar-refractivity contribution is 0.677. The average Bonchev–Trinajstić information content (AvgIpc) is 2.51. The van der Waals surface area contributed by atoms with Crippen LogP contribution >= 0.6 is 162 Å². The van der Waals surface area contributed by atoms with Gasteiger partial charge >= 0.3 is 0 Å². The van der Waals surface area contributed by atoms with E-state index in [1.165, 1.54) is 18.2 Å². The van der Waals surface area contributed by atoms with Gasteiger partial charge in [0.1, 0.15) is 0 Å². The van der Waals surface area contributed by atoms with E-state index in [9.17, 15) is 0 Å². The Morgan fingerprint density at radius 3 is 1.36 bits per heavy atom. The summed E-state index contributed by atoms with van der Waals surface area (Å²) in [4.78, 5) is 0. The van der Waals surface area contributed by atoms with E-state index in [-0.39, 0.29) is 17.5 Å². The summed E-state index contributed by atoms with van der Waals surface area (Å²) in [5.41, 5.74) is 0.582. The summed E-state index contributed by atoms with van der Waals surface area (Å²) in [6, 6.07) is 4.26. The molecule has 1 radical (unpaired) electrons. The van der Waals surface area contributed by atoms with Gasteiger partial charge in [0, 0.05) is 0 Å². The maximum absolute atomic E-state index is 6.44. The smallest absolute Gasteiger partial charge is 0.0930 e. The van der Waals surface area contributed by atoms with Gasteiger partial charge in [-0.2, -0.15) is 0 Å². The molecule has 0 spiro atoms. The highest BCUT2D eigenvalue weighted by Crippen LogP contribution is 2.63. The van der Waals surface area contributed by atoms with E-state index < -0.39 is 24.9 Å². The Hall–Kier alpha value is 3.28. The molecule has 1 aromatic carbocycles. The molecule has 161 valence electrons. The van der Waals surface area contributed by atoms with Crippen molar-refractivity contribution in [3.63, 3.8) is 0 Å². The molecule has 0 fully saturated rings. The molecule has 0 N–H and O–H groups in total. The minimum Gasteiger partial charge on any atom is -0.0930 e. The summed E-state index contributed by atoms with van der Waals surface area (Å²) in [7, 11) is 0. The van der Waals surface area contributed by atoms with Crippen LogP contribution in [0.4, 0.5) is 0 Å². The largest absolute Gasteiger partial charge is 0.226 e. The molecule has 0 aromatic heterocycles. The van der Waals surface area contributed by atoms with Gasteiger partial charge < -0.3 is 0 Å². The van der Waals surface area contributed by atoms with E-state index in [1.807, 2.05) is 0 Å². The fourth-order valence-electron chi connectivity index (χ4n) is 1.99. The zero-order chi connectivity index (χ0) is 22.6. The maximum Gasteiger partial charge on any atom is 0.226 e. The Morgan fingerprint density at radius 1 is 0.607 bits per heavy atom. The molecule has 28 heavy (non-hydrogen) atoms. The molecule has 0 aliphatic rings. The van der Waals surface area contributed by atoms with Crippen molar-refractivity contribution in [2.24, 2.45) is 0 Å². The molecular weight excluding hydrogens is 664 g/mol. The van der Waals surface area contributed by atoms with Crippen LogP contribution in [0.25, 0.3) is 0 Å². The summed E-state index contributed by atoms with van der Waals surface area (Å²) >= 11 is 85.3. The molecular formula is C14H7Cl14. The second kappa shape index (κ2) is 9.50. The van der Waals surface area contributed by atoms with Gasteiger partial charge in [0.05, 0.1) is 0 Å². The lowest BCUT2D eigenvalue weighted by Gasteiger charge is -2.40. The SMILES string of the molecule is [CH2]Cc1ccc(C(Cl)(Cl)C(Cl)(Cl)C(Cl)(Cl)Cl)cc1C(Cl)(Cl)C(Cl)(Cl)C(Cl)(Cl)Cl. The van der Waals surface area contributed by atoms with Crippen molar-refractivity contribution in [2.75, 3.05) is 0 Å². The van der Waals surface area contributed by atoms with Gasteiger partial charge in [-0.3, -0.25) is 0 Å². The van der Waals surface area contributed by atoms with Crippen molar-refractivity contribution in [1.82, 2.24) is 0 Å². The molecule has 0 atom stereocenters. The summed E-state index contributed by atoms with van der Waals surface area (Å²) in [6.45, 7) is 3.77. The molecule has 1 aromatic rings. The van der Waals surface area contributed by atoms with Crippen molar-refractivity contribution < 1.29 is 0 Å². The van der Waals surface area contributed by atoms with Crippen LogP contribution < -0.4 is 0 Å². The van der Waals surface area contributed by atoms with Crippen molar-refractivity contribution >= 4 is 162 Å². The number of halogens is 14. The Kier molecular flexibility index (Phi) is 9.94. The van der Waals surface area contributed by atoms with Gasteiger partial charge in [-0.25, -0.2) is 0 Å². The van der Waals surface area contributed by atoms with Crippen LogP contribution in [0.5, 0.6) is 0 Å². The van der Waals surface area contributed by atoms with Gasteiger partial charge in [-0.05, 0) is 36.1 Å². The van der Waals surface area contributed by atoms with Crippen LogP contribution in [0.3, 0.4) is 0 Å². The zero-order valence-electron chi connectivity index (χ0n) is 12.9. The number of benzene rings is 1. The zero-order valence-corrected chi connectivity index (χ0v) is 23.5. The van der Waals surface area contributed by atoms with Crippen LogP contribution in [0, 0.1) is 6.92 Å². The van der Waals surface area contributed by atoms with Gasteiger partial charge in [0.2, 0.25) is 16.3 Å². The first-order valence-electron chi connectivity index (χ1n) is 6.74. The third-order valence-electron chi connectivity index (χ3n) is 3.58. The lowest BCUT2D eigenvalue weighted by atomic mass is 9.95. The third kappa shape index (κ3) is 5.33. The molecule has 0 aliphatic carbocycles. The minimum absolute atomic E-state index is 0.0403. The summed E-state index contributed by atoms with van der Waals surface area (Å²) in [6.07, 6.45) is 0.190. The Bertz CT molecular complexity index is 710. The molecule has 0 saturated heterocycles. The predicted octanol–water partition coefficient (Wildman–Crippen LogP) is 10.4. The van der Waals surface area contributed by atoms with Crippen LogP contribution in [-0.4, -0.2) is 16.3 Å². The molecule has 0 amide bonds. The maximum atomic E-state index is 6.44. The van der Waals surface area contributed by atoms with Crippen LogP contribution in [-0.2, 0) is 15.1 Å². The quantitative estimate of drug-likeness (QED) is 0.274. The Morgan fingerprint density at radius 2 is 1.00 bits per heavy atom. The van der Waals surface area contributed by atoms with Crippen LogP contribution in [0.1, 0.15) is 16.7 Å². The molecule has 0 saturated carbocycles.